The first-order chi connectivity index (χ1) is 4.72. The molecule has 0 amide bonds. The molecule has 4 heteroatoms. The molecule has 1 N–H and O–H groups in total. The van der Waals surface area contributed by atoms with E-state index >= 15 is 0 Å². The van der Waals surface area contributed by atoms with E-state index in [0.29, 0.717) is 0 Å². The standard InChI is InChI=1S/C7H10O3.Na/c8-6(7(9)10)5-3-1-2-4-5;/h1,3,5-6,8H,2,4H2,(H,9,10);/q;+1/p-1/t5?,6-;/m1./s1. The summed E-state index contributed by atoms with van der Waals surface area (Å²) in [5.41, 5.74) is 0. The van der Waals surface area contributed by atoms with Gasteiger partial charge < -0.3 is 15.0 Å². The van der Waals surface area contributed by atoms with E-state index in [0.717, 1.165) is 12.8 Å². The van der Waals surface area contributed by atoms with E-state index in [1.54, 1.807) is 6.08 Å². The Balaban J connectivity index is 0.000001000. The Hall–Kier alpha value is 0.170. The second kappa shape index (κ2) is 4.93. The van der Waals surface area contributed by atoms with Crippen molar-refractivity contribution in [3.05, 3.63) is 12.2 Å². The van der Waals surface area contributed by atoms with Gasteiger partial charge in [-0.25, -0.2) is 0 Å². The maximum atomic E-state index is 10.1. The second-order valence-corrected chi connectivity index (χ2v) is 2.43. The number of hydrogen-bond donors (Lipinski definition) is 1. The number of carbonyl (C=O) groups excluding carboxylic acids is 1. The molecule has 0 spiro atoms. The molecule has 0 saturated carbocycles. The normalized spacial score (nSPS) is 24.3. The van der Waals surface area contributed by atoms with Crippen molar-refractivity contribution in [2.45, 2.75) is 18.9 Å². The van der Waals surface area contributed by atoms with Gasteiger partial charge in [-0.05, 0) is 12.8 Å². The first kappa shape index (κ1) is 11.2. The van der Waals surface area contributed by atoms with Crippen molar-refractivity contribution in [1.29, 1.82) is 0 Å². The molecule has 1 unspecified atom stereocenters. The van der Waals surface area contributed by atoms with Crippen LogP contribution in [0.5, 0.6) is 0 Å². The monoisotopic (exact) mass is 164 g/mol. The number of allylic oxidation sites excluding steroid dienone is 1. The van der Waals surface area contributed by atoms with Crippen LogP contribution in [0.25, 0.3) is 0 Å². The average Bonchev–Trinajstić information content (AvgIpc) is 2.36. The van der Waals surface area contributed by atoms with Crippen molar-refractivity contribution in [2.75, 3.05) is 0 Å². The molecule has 11 heavy (non-hydrogen) atoms. The van der Waals surface area contributed by atoms with E-state index in [-0.39, 0.29) is 35.5 Å². The van der Waals surface area contributed by atoms with E-state index in [2.05, 4.69) is 0 Å². The molecule has 1 rings (SSSR count). The summed E-state index contributed by atoms with van der Waals surface area (Å²) in [6.07, 6.45) is 3.85. The fraction of sp³-hybridized carbons (Fsp3) is 0.571. The Bertz CT molecular complexity index is 167. The Kier molecular flexibility index (Phi) is 5.01. The molecule has 1 aliphatic rings. The topological polar surface area (TPSA) is 60.4 Å². The molecule has 0 aromatic carbocycles. The van der Waals surface area contributed by atoms with Gasteiger partial charge in [0.2, 0.25) is 0 Å². The number of carbonyl (C=O) groups is 1. The SMILES string of the molecule is O=C([O-])[C@H](O)C1C=CCC1.[Na+]. The third-order valence-corrected chi connectivity index (χ3v) is 1.70. The smallest absolute Gasteiger partial charge is 0.547 e. The molecule has 1 aliphatic carbocycles. The van der Waals surface area contributed by atoms with Gasteiger partial charge >= 0.3 is 29.6 Å². The van der Waals surface area contributed by atoms with Crippen molar-refractivity contribution >= 4 is 5.97 Å². The van der Waals surface area contributed by atoms with Crippen LogP contribution in [-0.2, 0) is 4.79 Å². The first-order valence-corrected chi connectivity index (χ1v) is 3.27. The van der Waals surface area contributed by atoms with E-state index in [9.17, 15) is 9.90 Å². The summed E-state index contributed by atoms with van der Waals surface area (Å²) in [5, 5.41) is 19.0. The Labute approximate surface area is 87.4 Å². The largest absolute Gasteiger partial charge is 1.00 e. The molecule has 0 heterocycles. The van der Waals surface area contributed by atoms with Crippen LogP contribution in [0.15, 0.2) is 12.2 Å². The van der Waals surface area contributed by atoms with Gasteiger partial charge in [0.05, 0.1) is 12.1 Å². The van der Waals surface area contributed by atoms with E-state index in [1.165, 1.54) is 0 Å². The Morgan fingerprint density at radius 1 is 1.73 bits per heavy atom. The summed E-state index contributed by atoms with van der Waals surface area (Å²) in [7, 11) is 0. The number of hydrogen-bond acceptors (Lipinski definition) is 3. The van der Waals surface area contributed by atoms with Crippen LogP contribution in [-0.4, -0.2) is 17.2 Å². The van der Waals surface area contributed by atoms with E-state index < -0.39 is 12.1 Å². The summed E-state index contributed by atoms with van der Waals surface area (Å²) in [6, 6.07) is 0. The van der Waals surface area contributed by atoms with Crippen LogP contribution >= 0.6 is 0 Å². The molecule has 0 saturated heterocycles. The van der Waals surface area contributed by atoms with Gasteiger partial charge in [-0.1, -0.05) is 12.2 Å². The molecular formula is C7H9NaO3. The third-order valence-electron chi connectivity index (χ3n) is 1.70. The fourth-order valence-electron chi connectivity index (χ4n) is 1.09. The fourth-order valence-corrected chi connectivity index (χ4v) is 1.09. The van der Waals surface area contributed by atoms with Gasteiger partial charge in [-0.2, -0.15) is 0 Å². The van der Waals surface area contributed by atoms with Gasteiger partial charge in [-0.3, -0.25) is 0 Å². The summed E-state index contributed by atoms with van der Waals surface area (Å²) in [6.45, 7) is 0. The van der Waals surface area contributed by atoms with Crippen LogP contribution in [0.1, 0.15) is 12.8 Å². The number of carboxylic acids is 1. The number of carboxylic acid groups (broad SMARTS) is 1. The molecule has 0 radical (unpaired) electrons. The predicted octanol–water partition coefficient (Wildman–Crippen LogP) is -3.93. The summed E-state index contributed by atoms with van der Waals surface area (Å²) >= 11 is 0. The number of aliphatic hydroxyl groups is 1. The van der Waals surface area contributed by atoms with Gasteiger partial charge in [0.1, 0.15) is 0 Å². The molecule has 2 atom stereocenters. The van der Waals surface area contributed by atoms with Crippen molar-refractivity contribution in [2.24, 2.45) is 5.92 Å². The number of rotatable bonds is 2. The van der Waals surface area contributed by atoms with Gasteiger partial charge in [0.25, 0.3) is 0 Å². The number of aliphatic carboxylic acids is 1. The zero-order valence-corrected chi connectivity index (χ0v) is 8.49. The van der Waals surface area contributed by atoms with Crippen molar-refractivity contribution in [1.82, 2.24) is 0 Å². The molecule has 0 fully saturated rings. The quantitative estimate of drug-likeness (QED) is 0.335. The maximum Gasteiger partial charge on any atom is 1.00 e. The van der Waals surface area contributed by atoms with E-state index in [1.807, 2.05) is 6.08 Å². The second-order valence-electron chi connectivity index (χ2n) is 2.43. The molecule has 0 aliphatic heterocycles. The van der Waals surface area contributed by atoms with Gasteiger partial charge in [0, 0.05) is 5.92 Å². The predicted molar refractivity (Wildman–Crippen MR) is 32.9 cm³/mol. The van der Waals surface area contributed by atoms with Crippen molar-refractivity contribution in [3.63, 3.8) is 0 Å². The Morgan fingerprint density at radius 3 is 2.73 bits per heavy atom. The molecule has 3 nitrogen and oxygen atoms in total. The molecule has 0 aromatic rings. The molecule has 0 bridgehead atoms. The number of aliphatic hydroxyl groups excluding tert-OH is 1. The van der Waals surface area contributed by atoms with E-state index in [4.69, 9.17) is 5.11 Å². The third kappa shape index (κ3) is 2.95. The van der Waals surface area contributed by atoms with Crippen LogP contribution in [0.3, 0.4) is 0 Å². The molecule has 56 valence electrons. The minimum absolute atomic E-state index is 0. The summed E-state index contributed by atoms with van der Waals surface area (Å²) < 4.78 is 0. The van der Waals surface area contributed by atoms with Crippen LogP contribution in [0, 0.1) is 5.92 Å². The average molecular weight is 164 g/mol. The van der Waals surface area contributed by atoms with Crippen LogP contribution in [0.2, 0.25) is 0 Å². The zero-order valence-electron chi connectivity index (χ0n) is 6.49. The van der Waals surface area contributed by atoms with Crippen LogP contribution < -0.4 is 34.7 Å². The summed E-state index contributed by atoms with van der Waals surface area (Å²) in [4.78, 5) is 10.1. The minimum Gasteiger partial charge on any atom is -0.547 e. The Morgan fingerprint density at radius 2 is 2.36 bits per heavy atom. The zero-order chi connectivity index (χ0) is 7.56. The maximum absolute atomic E-state index is 10.1. The van der Waals surface area contributed by atoms with Crippen molar-refractivity contribution < 1.29 is 44.6 Å². The summed E-state index contributed by atoms with van der Waals surface area (Å²) in [5.74, 6) is -1.61. The molecular weight excluding hydrogens is 155 g/mol. The van der Waals surface area contributed by atoms with Gasteiger partial charge in [0.15, 0.2) is 0 Å². The first-order valence-electron chi connectivity index (χ1n) is 3.27. The van der Waals surface area contributed by atoms with Crippen molar-refractivity contribution in [3.8, 4) is 0 Å². The minimum atomic E-state index is -1.38. The van der Waals surface area contributed by atoms with Gasteiger partial charge in [-0.15, -0.1) is 0 Å². The van der Waals surface area contributed by atoms with Crippen LogP contribution in [0.4, 0.5) is 0 Å². The molecule has 0 aromatic heterocycles.